The predicted molar refractivity (Wildman–Crippen MR) is 97.9 cm³/mol. The first-order valence-electron chi connectivity index (χ1n) is 7.73. The van der Waals surface area contributed by atoms with Crippen LogP contribution < -0.4 is 10.6 Å². The van der Waals surface area contributed by atoms with Gasteiger partial charge >= 0.3 is 12.1 Å². The van der Waals surface area contributed by atoms with Gasteiger partial charge in [-0.3, -0.25) is 4.79 Å². The maximum atomic E-state index is 11.9. The second-order valence-corrected chi connectivity index (χ2v) is 7.50. The number of ether oxygens (including phenoxy) is 1. The summed E-state index contributed by atoms with van der Waals surface area (Å²) in [6.07, 6.45) is -0.801. The molecule has 0 saturated heterocycles. The lowest BCUT2D eigenvalue weighted by Crippen LogP contribution is -2.45. The first-order chi connectivity index (χ1) is 11.6. The molecule has 0 radical (unpaired) electrons. The largest absolute Gasteiger partial charge is 0.480 e. The van der Waals surface area contributed by atoms with Gasteiger partial charge in [0, 0.05) is 11.4 Å². The number of alkyl carbamates (subject to hydrolysis) is 1. The molecule has 1 atom stereocenters. The number of hydrogen-bond donors (Lipinski definition) is 3. The van der Waals surface area contributed by atoms with E-state index in [2.05, 4.69) is 10.6 Å². The Morgan fingerprint density at radius 2 is 1.96 bits per heavy atom. The molecule has 2 amide bonds. The molecule has 0 heterocycles. The summed E-state index contributed by atoms with van der Waals surface area (Å²) in [5.41, 5.74) is 0.999. The molecular weight excluding hydrogens is 344 g/mol. The molecule has 0 fully saturated rings. The Hall–Kier alpha value is -2.22. The number of carboxylic acid groups (broad SMARTS) is 1. The van der Waals surface area contributed by atoms with Gasteiger partial charge in [0.15, 0.2) is 0 Å². The van der Waals surface area contributed by atoms with Crippen LogP contribution >= 0.6 is 11.8 Å². The zero-order chi connectivity index (χ0) is 19.0. The van der Waals surface area contributed by atoms with Crippen molar-refractivity contribution in [3.8, 4) is 0 Å². The van der Waals surface area contributed by atoms with Crippen LogP contribution in [0.2, 0.25) is 0 Å². The molecule has 1 unspecified atom stereocenters. The van der Waals surface area contributed by atoms with Crippen molar-refractivity contribution in [2.75, 3.05) is 16.8 Å². The number of nitrogens with one attached hydrogen (secondary N) is 2. The average molecular weight is 368 g/mol. The number of anilines is 1. The standard InChI is InChI=1S/C17H24N2O5S/c1-11-6-5-7-12(8-11)18-14(20)10-25-9-13(15(21)22)19-16(23)24-17(2,3)4/h5-8,13H,9-10H2,1-4H3,(H,18,20)(H,19,23)(H,21,22). The van der Waals surface area contributed by atoms with Crippen molar-refractivity contribution in [2.45, 2.75) is 39.3 Å². The monoisotopic (exact) mass is 368 g/mol. The van der Waals surface area contributed by atoms with E-state index < -0.39 is 23.7 Å². The highest BCUT2D eigenvalue weighted by atomic mass is 32.2. The van der Waals surface area contributed by atoms with Crippen LogP contribution in [0.5, 0.6) is 0 Å². The van der Waals surface area contributed by atoms with Crippen molar-refractivity contribution >= 4 is 35.4 Å². The van der Waals surface area contributed by atoms with Crippen LogP contribution in [-0.4, -0.2) is 46.2 Å². The first-order valence-corrected chi connectivity index (χ1v) is 8.89. The van der Waals surface area contributed by atoms with E-state index in [1.807, 2.05) is 25.1 Å². The summed E-state index contributed by atoms with van der Waals surface area (Å²) in [6.45, 7) is 6.98. The molecule has 1 aromatic rings. The topological polar surface area (TPSA) is 105 Å². The third-order valence-corrected chi connectivity index (χ3v) is 3.84. The van der Waals surface area contributed by atoms with Gasteiger partial charge in [-0.1, -0.05) is 12.1 Å². The number of aliphatic carboxylic acids is 1. The first kappa shape index (κ1) is 20.8. The Labute approximate surface area is 151 Å². The smallest absolute Gasteiger partial charge is 0.408 e. The van der Waals surface area contributed by atoms with E-state index in [0.29, 0.717) is 5.69 Å². The summed E-state index contributed by atoms with van der Waals surface area (Å²) in [6, 6.07) is 6.24. The minimum absolute atomic E-state index is 0.0514. The van der Waals surface area contributed by atoms with Gasteiger partial charge in [-0.2, -0.15) is 0 Å². The number of rotatable bonds is 7. The van der Waals surface area contributed by atoms with Crippen LogP contribution in [0.3, 0.4) is 0 Å². The highest BCUT2D eigenvalue weighted by Gasteiger charge is 2.24. The van der Waals surface area contributed by atoms with E-state index in [1.165, 1.54) is 0 Å². The third-order valence-electron chi connectivity index (χ3n) is 2.81. The lowest BCUT2D eigenvalue weighted by atomic mass is 10.2. The fourth-order valence-corrected chi connectivity index (χ4v) is 2.65. The van der Waals surface area contributed by atoms with Crippen LogP contribution in [-0.2, 0) is 14.3 Å². The van der Waals surface area contributed by atoms with E-state index in [0.717, 1.165) is 17.3 Å². The Bertz CT molecular complexity index is 628. The average Bonchev–Trinajstić information content (AvgIpc) is 2.44. The number of carbonyl (C=O) groups is 3. The van der Waals surface area contributed by atoms with Gasteiger partial charge in [-0.15, -0.1) is 11.8 Å². The Balaban J connectivity index is 2.43. The van der Waals surface area contributed by atoms with Crippen LogP contribution in [0.25, 0.3) is 0 Å². The SMILES string of the molecule is Cc1cccc(NC(=O)CSCC(NC(=O)OC(C)(C)C)C(=O)O)c1. The summed E-state index contributed by atoms with van der Waals surface area (Å²) in [5, 5.41) is 14.2. The number of aryl methyl sites for hydroxylation is 1. The molecule has 8 heteroatoms. The zero-order valence-electron chi connectivity index (χ0n) is 14.8. The number of hydrogen-bond acceptors (Lipinski definition) is 5. The van der Waals surface area contributed by atoms with Gasteiger partial charge in [0.1, 0.15) is 11.6 Å². The maximum absolute atomic E-state index is 11.9. The quantitative estimate of drug-likeness (QED) is 0.683. The maximum Gasteiger partial charge on any atom is 0.408 e. The van der Waals surface area contributed by atoms with Crippen molar-refractivity contribution < 1.29 is 24.2 Å². The summed E-state index contributed by atoms with van der Waals surface area (Å²) in [7, 11) is 0. The number of benzene rings is 1. The summed E-state index contributed by atoms with van der Waals surface area (Å²) in [5.74, 6) is -1.29. The summed E-state index contributed by atoms with van der Waals surface area (Å²) in [4.78, 5) is 34.8. The lowest BCUT2D eigenvalue weighted by Gasteiger charge is -2.21. The van der Waals surface area contributed by atoms with Crippen molar-refractivity contribution in [2.24, 2.45) is 0 Å². The Morgan fingerprint density at radius 3 is 2.52 bits per heavy atom. The van der Waals surface area contributed by atoms with Crippen LogP contribution in [0.4, 0.5) is 10.5 Å². The molecule has 7 nitrogen and oxygen atoms in total. The van der Waals surface area contributed by atoms with Gasteiger partial charge in [0.2, 0.25) is 5.91 Å². The number of carboxylic acids is 1. The van der Waals surface area contributed by atoms with Gasteiger partial charge in [-0.25, -0.2) is 9.59 Å². The molecule has 0 aliphatic carbocycles. The molecule has 0 aromatic heterocycles. The van der Waals surface area contributed by atoms with Gasteiger partial charge < -0.3 is 20.5 Å². The van der Waals surface area contributed by atoms with Crippen LogP contribution in [0.15, 0.2) is 24.3 Å². The van der Waals surface area contributed by atoms with Crippen molar-refractivity contribution in [1.29, 1.82) is 0 Å². The van der Waals surface area contributed by atoms with E-state index in [9.17, 15) is 14.4 Å². The van der Waals surface area contributed by atoms with Crippen molar-refractivity contribution in [1.82, 2.24) is 5.32 Å². The Morgan fingerprint density at radius 1 is 1.28 bits per heavy atom. The van der Waals surface area contributed by atoms with Crippen molar-refractivity contribution in [3.05, 3.63) is 29.8 Å². The van der Waals surface area contributed by atoms with Crippen LogP contribution in [0.1, 0.15) is 26.3 Å². The molecule has 0 spiro atoms. The molecule has 0 bridgehead atoms. The molecule has 0 saturated carbocycles. The third kappa shape index (κ3) is 8.99. The van der Waals surface area contributed by atoms with Gasteiger partial charge in [0.25, 0.3) is 0 Å². The number of carbonyl (C=O) groups excluding carboxylic acids is 2. The molecule has 25 heavy (non-hydrogen) atoms. The van der Waals surface area contributed by atoms with E-state index in [1.54, 1.807) is 26.8 Å². The Kier molecular flexibility index (Phi) is 7.76. The normalized spacial score (nSPS) is 12.2. The zero-order valence-corrected chi connectivity index (χ0v) is 15.6. The van der Waals surface area contributed by atoms with Gasteiger partial charge in [-0.05, 0) is 45.4 Å². The van der Waals surface area contributed by atoms with E-state index >= 15 is 0 Å². The molecule has 0 aliphatic heterocycles. The molecule has 3 N–H and O–H groups in total. The lowest BCUT2D eigenvalue weighted by molar-refractivity contribution is -0.138. The van der Waals surface area contributed by atoms with Crippen LogP contribution in [0, 0.1) is 6.92 Å². The highest BCUT2D eigenvalue weighted by molar-refractivity contribution is 8.00. The summed E-state index contributed by atoms with van der Waals surface area (Å²) < 4.78 is 5.03. The molecule has 0 aliphatic rings. The second-order valence-electron chi connectivity index (χ2n) is 6.47. The fraction of sp³-hybridized carbons (Fsp3) is 0.471. The van der Waals surface area contributed by atoms with Crippen molar-refractivity contribution in [3.63, 3.8) is 0 Å². The van der Waals surface area contributed by atoms with E-state index in [-0.39, 0.29) is 17.4 Å². The minimum atomic E-state index is -1.18. The molecular formula is C17H24N2O5S. The van der Waals surface area contributed by atoms with E-state index in [4.69, 9.17) is 9.84 Å². The predicted octanol–water partition coefficient (Wildman–Crippen LogP) is 2.64. The molecule has 1 rings (SSSR count). The minimum Gasteiger partial charge on any atom is -0.480 e. The molecule has 138 valence electrons. The number of thioether (sulfide) groups is 1. The second kappa shape index (κ2) is 9.31. The van der Waals surface area contributed by atoms with Gasteiger partial charge in [0.05, 0.1) is 5.75 Å². The fourth-order valence-electron chi connectivity index (χ4n) is 1.81. The summed E-state index contributed by atoms with van der Waals surface area (Å²) >= 11 is 1.12. The number of amides is 2. The molecule has 1 aromatic carbocycles. The highest BCUT2D eigenvalue weighted by Crippen LogP contribution is 2.12.